The SMILES string of the molecule is COc1ccc(C(=O)Nc2ccc(Cl)c(-c3ncc(-c4ccccc4)[nH]3)c2)cn1. The molecule has 0 radical (unpaired) electrons. The lowest BCUT2D eigenvalue weighted by Crippen LogP contribution is -2.12. The standard InChI is InChI=1S/C22H17ClN4O2/c1-29-20-10-7-15(12-24-20)22(28)26-16-8-9-18(23)17(11-16)21-25-13-19(27-21)14-5-3-2-4-6-14/h2-13H,1H3,(H,25,27)(H,26,28). The normalized spacial score (nSPS) is 10.6. The van der Waals surface area contributed by atoms with Gasteiger partial charge in [0, 0.05) is 23.5 Å². The van der Waals surface area contributed by atoms with Crippen molar-refractivity contribution in [1.82, 2.24) is 15.0 Å². The summed E-state index contributed by atoms with van der Waals surface area (Å²) in [6.45, 7) is 0. The quantitative estimate of drug-likeness (QED) is 0.487. The Balaban J connectivity index is 1.58. The highest BCUT2D eigenvalue weighted by Gasteiger charge is 2.12. The van der Waals surface area contributed by atoms with Crippen molar-refractivity contribution in [3.05, 3.63) is 83.6 Å². The predicted molar refractivity (Wildman–Crippen MR) is 113 cm³/mol. The van der Waals surface area contributed by atoms with Crippen molar-refractivity contribution >= 4 is 23.2 Å². The lowest BCUT2D eigenvalue weighted by molar-refractivity contribution is 0.102. The molecular weight excluding hydrogens is 388 g/mol. The number of aromatic amines is 1. The second-order valence-corrected chi connectivity index (χ2v) is 6.66. The van der Waals surface area contributed by atoms with Crippen LogP contribution in [0.2, 0.25) is 5.02 Å². The van der Waals surface area contributed by atoms with Crippen molar-refractivity contribution in [2.45, 2.75) is 0 Å². The minimum Gasteiger partial charge on any atom is -0.481 e. The first-order valence-corrected chi connectivity index (χ1v) is 9.23. The van der Waals surface area contributed by atoms with Gasteiger partial charge in [-0.15, -0.1) is 0 Å². The van der Waals surface area contributed by atoms with E-state index in [9.17, 15) is 4.79 Å². The zero-order chi connectivity index (χ0) is 20.2. The third-order valence-electron chi connectivity index (χ3n) is 4.35. The lowest BCUT2D eigenvalue weighted by atomic mass is 10.1. The first-order valence-electron chi connectivity index (χ1n) is 8.86. The molecular formula is C22H17ClN4O2. The molecule has 0 spiro atoms. The fourth-order valence-electron chi connectivity index (χ4n) is 2.85. The van der Waals surface area contributed by atoms with Crippen molar-refractivity contribution < 1.29 is 9.53 Å². The van der Waals surface area contributed by atoms with Gasteiger partial charge in [-0.2, -0.15) is 0 Å². The first-order chi connectivity index (χ1) is 14.1. The van der Waals surface area contributed by atoms with E-state index in [4.69, 9.17) is 16.3 Å². The van der Waals surface area contributed by atoms with E-state index in [2.05, 4.69) is 20.3 Å². The predicted octanol–water partition coefficient (Wildman–Crippen LogP) is 5.05. The van der Waals surface area contributed by atoms with E-state index in [1.54, 1.807) is 36.5 Å². The van der Waals surface area contributed by atoms with Crippen molar-refractivity contribution in [1.29, 1.82) is 0 Å². The minimum atomic E-state index is -0.280. The van der Waals surface area contributed by atoms with Gasteiger partial charge in [-0.3, -0.25) is 4.79 Å². The molecule has 0 saturated carbocycles. The summed E-state index contributed by atoms with van der Waals surface area (Å²) in [5.41, 5.74) is 3.63. The van der Waals surface area contributed by atoms with Gasteiger partial charge in [0.25, 0.3) is 5.91 Å². The summed E-state index contributed by atoms with van der Waals surface area (Å²) in [4.78, 5) is 24.3. The largest absolute Gasteiger partial charge is 0.481 e. The molecule has 0 aliphatic rings. The molecule has 2 heterocycles. The molecule has 2 aromatic carbocycles. The Bertz CT molecular complexity index is 1140. The first kappa shape index (κ1) is 18.7. The zero-order valence-corrected chi connectivity index (χ0v) is 16.3. The van der Waals surface area contributed by atoms with Gasteiger partial charge in [-0.1, -0.05) is 41.9 Å². The Labute approximate surface area is 172 Å². The number of carbonyl (C=O) groups excluding carboxylic acids is 1. The van der Waals surface area contributed by atoms with Crippen LogP contribution in [0.15, 0.2) is 73.1 Å². The van der Waals surface area contributed by atoms with E-state index < -0.39 is 0 Å². The molecule has 0 aliphatic carbocycles. The molecule has 7 heteroatoms. The maximum Gasteiger partial charge on any atom is 0.257 e. The number of hydrogen-bond acceptors (Lipinski definition) is 4. The highest BCUT2D eigenvalue weighted by atomic mass is 35.5. The van der Waals surface area contributed by atoms with E-state index in [1.807, 2.05) is 30.3 Å². The van der Waals surface area contributed by atoms with E-state index in [1.165, 1.54) is 13.3 Å². The molecule has 0 fully saturated rings. The van der Waals surface area contributed by atoms with E-state index in [0.29, 0.717) is 33.5 Å². The number of pyridine rings is 1. The van der Waals surface area contributed by atoms with Crippen LogP contribution < -0.4 is 10.1 Å². The summed E-state index contributed by atoms with van der Waals surface area (Å²) in [6.07, 6.45) is 3.22. The summed E-state index contributed by atoms with van der Waals surface area (Å²) in [6, 6.07) is 18.4. The maximum atomic E-state index is 12.5. The van der Waals surface area contributed by atoms with Crippen LogP contribution >= 0.6 is 11.6 Å². The Hall–Kier alpha value is -3.64. The number of nitrogens with one attached hydrogen (secondary N) is 2. The number of benzene rings is 2. The number of methoxy groups -OCH3 is 1. The summed E-state index contributed by atoms with van der Waals surface area (Å²) >= 11 is 6.38. The Morgan fingerprint density at radius 3 is 2.59 bits per heavy atom. The lowest BCUT2D eigenvalue weighted by Gasteiger charge is -2.08. The van der Waals surface area contributed by atoms with Crippen LogP contribution in [0.1, 0.15) is 10.4 Å². The average molecular weight is 405 g/mol. The van der Waals surface area contributed by atoms with Crippen LogP contribution in [0.5, 0.6) is 5.88 Å². The van der Waals surface area contributed by atoms with Gasteiger partial charge in [0.05, 0.1) is 29.6 Å². The molecule has 0 atom stereocenters. The van der Waals surface area contributed by atoms with Gasteiger partial charge in [0.2, 0.25) is 5.88 Å². The number of hydrogen-bond donors (Lipinski definition) is 2. The molecule has 4 rings (SSSR count). The van der Waals surface area contributed by atoms with E-state index >= 15 is 0 Å². The number of H-pyrrole nitrogens is 1. The Morgan fingerprint density at radius 1 is 1.03 bits per heavy atom. The third kappa shape index (κ3) is 4.12. The molecule has 0 unspecified atom stereocenters. The van der Waals surface area contributed by atoms with E-state index in [0.717, 1.165) is 11.3 Å². The van der Waals surface area contributed by atoms with Gasteiger partial charge in [0.15, 0.2) is 0 Å². The number of ether oxygens (including phenoxy) is 1. The summed E-state index contributed by atoms with van der Waals surface area (Å²) in [7, 11) is 1.52. The second-order valence-electron chi connectivity index (χ2n) is 6.25. The molecule has 144 valence electrons. The minimum absolute atomic E-state index is 0.280. The number of imidazole rings is 1. The topological polar surface area (TPSA) is 79.9 Å². The maximum absolute atomic E-state index is 12.5. The summed E-state index contributed by atoms with van der Waals surface area (Å²) in [5.74, 6) is 0.788. The van der Waals surface area contributed by atoms with Crippen LogP contribution in [-0.4, -0.2) is 28.0 Å². The number of nitrogens with zero attached hydrogens (tertiary/aromatic N) is 2. The molecule has 2 aromatic heterocycles. The molecule has 0 aliphatic heterocycles. The van der Waals surface area contributed by atoms with Gasteiger partial charge in [-0.05, 0) is 29.8 Å². The van der Waals surface area contributed by atoms with Crippen LogP contribution in [0, 0.1) is 0 Å². The fourth-order valence-corrected chi connectivity index (χ4v) is 3.05. The van der Waals surface area contributed by atoms with Crippen LogP contribution in [0.4, 0.5) is 5.69 Å². The average Bonchev–Trinajstić information content (AvgIpc) is 3.26. The van der Waals surface area contributed by atoms with Crippen LogP contribution in [0.3, 0.4) is 0 Å². The zero-order valence-electron chi connectivity index (χ0n) is 15.5. The molecule has 29 heavy (non-hydrogen) atoms. The van der Waals surface area contributed by atoms with Crippen molar-refractivity contribution in [2.75, 3.05) is 12.4 Å². The Morgan fingerprint density at radius 2 is 1.86 bits per heavy atom. The second kappa shape index (κ2) is 8.16. The van der Waals surface area contributed by atoms with Crippen molar-refractivity contribution in [2.24, 2.45) is 0 Å². The number of halogens is 1. The van der Waals surface area contributed by atoms with Crippen molar-refractivity contribution in [3.8, 4) is 28.5 Å². The number of anilines is 1. The fraction of sp³-hybridized carbons (Fsp3) is 0.0455. The van der Waals surface area contributed by atoms with Gasteiger partial charge < -0.3 is 15.0 Å². The smallest absolute Gasteiger partial charge is 0.257 e. The molecule has 2 N–H and O–H groups in total. The van der Waals surface area contributed by atoms with Crippen molar-refractivity contribution in [3.63, 3.8) is 0 Å². The molecule has 1 amide bonds. The van der Waals surface area contributed by atoms with Gasteiger partial charge in [0.1, 0.15) is 5.82 Å². The molecule has 6 nitrogen and oxygen atoms in total. The van der Waals surface area contributed by atoms with Gasteiger partial charge in [-0.25, -0.2) is 9.97 Å². The van der Waals surface area contributed by atoms with Crippen LogP contribution in [-0.2, 0) is 0 Å². The Kier molecular flexibility index (Phi) is 5.27. The molecule has 0 bridgehead atoms. The number of carbonyl (C=O) groups is 1. The number of rotatable bonds is 5. The number of aromatic nitrogens is 3. The van der Waals surface area contributed by atoms with Gasteiger partial charge >= 0.3 is 0 Å². The summed E-state index contributed by atoms with van der Waals surface area (Å²) < 4.78 is 5.01. The summed E-state index contributed by atoms with van der Waals surface area (Å²) in [5, 5.41) is 3.38. The number of amides is 1. The monoisotopic (exact) mass is 404 g/mol. The van der Waals surface area contributed by atoms with Crippen LogP contribution in [0.25, 0.3) is 22.6 Å². The van der Waals surface area contributed by atoms with E-state index in [-0.39, 0.29) is 5.91 Å². The highest BCUT2D eigenvalue weighted by Crippen LogP contribution is 2.30. The third-order valence-corrected chi connectivity index (χ3v) is 4.68. The molecule has 4 aromatic rings. The highest BCUT2D eigenvalue weighted by molar-refractivity contribution is 6.33. The molecule has 0 saturated heterocycles.